The van der Waals surface area contributed by atoms with E-state index in [2.05, 4.69) is 26.1 Å². The highest BCUT2D eigenvalue weighted by molar-refractivity contribution is 5.98. The van der Waals surface area contributed by atoms with Crippen LogP contribution < -0.4 is 16.0 Å². The molecule has 264 valence electrons. The lowest BCUT2D eigenvalue weighted by atomic mass is 9.99. The Morgan fingerprint density at radius 2 is 1.51 bits per heavy atom. The van der Waals surface area contributed by atoms with Crippen molar-refractivity contribution in [2.24, 2.45) is 0 Å². The van der Waals surface area contributed by atoms with Crippen molar-refractivity contribution < 1.29 is 33.2 Å². The smallest absolute Gasteiger partial charge is 0.407 e. The Labute approximate surface area is 295 Å². The number of hydrogen-bond acceptors (Lipinski definition) is 9. The van der Waals surface area contributed by atoms with Crippen LogP contribution in [0.2, 0.25) is 0 Å². The van der Waals surface area contributed by atoms with Crippen molar-refractivity contribution in [2.75, 3.05) is 6.61 Å². The molecule has 12 nitrogen and oxygen atoms in total. The Hall–Kier alpha value is -6.04. The molecule has 3 amide bonds. The Balaban J connectivity index is 1.40. The average molecular weight is 692 g/mol. The third kappa shape index (κ3) is 10.5. The molecule has 0 spiro atoms. The monoisotopic (exact) mass is 691 g/mol. The van der Waals surface area contributed by atoms with E-state index in [0.717, 1.165) is 21.9 Å². The predicted octanol–water partition coefficient (Wildman–Crippen LogP) is 5.87. The molecule has 0 aliphatic carbocycles. The van der Waals surface area contributed by atoms with Crippen LogP contribution >= 0.6 is 0 Å². The molecule has 5 rings (SSSR count). The van der Waals surface area contributed by atoms with Gasteiger partial charge in [0.2, 0.25) is 11.8 Å². The minimum absolute atomic E-state index is 0.0104. The van der Waals surface area contributed by atoms with Gasteiger partial charge in [-0.25, -0.2) is 9.59 Å². The number of carbonyl (C=O) groups is 4. The van der Waals surface area contributed by atoms with Crippen LogP contribution in [0.1, 0.15) is 77.3 Å². The van der Waals surface area contributed by atoms with Gasteiger partial charge in [0.15, 0.2) is 0 Å². The maximum Gasteiger partial charge on any atom is 0.407 e. The van der Waals surface area contributed by atoms with Gasteiger partial charge in [-0.3, -0.25) is 9.59 Å². The van der Waals surface area contributed by atoms with Crippen molar-refractivity contribution in [3.63, 3.8) is 0 Å². The van der Waals surface area contributed by atoms with Crippen LogP contribution in [0.25, 0.3) is 10.8 Å². The van der Waals surface area contributed by atoms with Gasteiger partial charge in [-0.05, 0) is 72.4 Å². The molecule has 12 heteroatoms. The normalized spacial score (nSPS) is 12.4. The van der Waals surface area contributed by atoms with Gasteiger partial charge in [0.05, 0.1) is 6.61 Å². The Bertz CT molecular complexity index is 1990. The van der Waals surface area contributed by atoms with Gasteiger partial charge < -0.3 is 29.9 Å². The molecule has 0 fully saturated rings. The Kier molecular flexibility index (Phi) is 11.8. The number of aromatic nitrogens is 2. The van der Waals surface area contributed by atoms with Crippen molar-refractivity contribution in [3.8, 4) is 0 Å². The lowest BCUT2D eigenvalue weighted by Gasteiger charge is -2.22. The fourth-order valence-corrected chi connectivity index (χ4v) is 5.34. The number of alkyl carbamates (subject to hydrolysis) is 1. The van der Waals surface area contributed by atoms with Gasteiger partial charge in [0.1, 0.15) is 17.7 Å². The maximum absolute atomic E-state index is 14.2. The van der Waals surface area contributed by atoms with Gasteiger partial charge in [-0.15, -0.1) is 0 Å². The van der Waals surface area contributed by atoms with Gasteiger partial charge in [0, 0.05) is 24.9 Å². The molecular formula is C39H41N5O7. The van der Waals surface area contributed by atoms with E-state index >= 15 is 0 Å². The van der Waals surface area contributed by atoms with Crippen LogP contribution in [0, 0.1) is 0 Å². The number of ether oxygens (including phenoxy) is 2. The summed E-state index contributed by atoms with van der Waals surface area (Å²) in [6.07, 6.45) is -0.149. The zero-order valence-electron chi connectivity index (χ0n) is 29.0. The van der Waals surface area contributed by atoms with Crippen LogP contribution in [0.15, 0.2) is 102 Å². The van der Waals surface area contributed by atoms with E-state index in [0.29, 0.717) is 11.1 Å². The summed E-state index contributed by atoms with van der Waals surface area (Å²) in [5.74, 6) is -1.99. The largest absolute Gasteiger partial charge is 0.460 e. The number of fused-ring (bicyclic) bond motifs is 1. The fraction of sp³-hybridized carbons (Fsp3) is 0.282. The molecule has 2 atom stereocenters. The van der Waals surface area contributed by atoms with Crippen LogP contribution in [0.3, 0.4) is 0 Å². The van der Waals surface area contributed by atoms with E-state index in [9.17, 15) is 19.2 Å². The van der Waals surface area contributed by atoms with Crippen molar-refractivity contribution in [3.05, 3.63) is 131 Å². The molecule has 0 saturated carbocycles. The molecule has 1 heterocycles. The molecule has 0 saturated heterocycles. The summed E-state index contributed by atoms with van der Waals surface area (Å²) < 4.78 is 15.8. The van der Waals surface area contributed by atoms with Gasteiger partial charge >= 0.3 is 12.1 Å². The van der Waals surface area contributed by atoms with Crippen molar-refractivity contribution in [1.29, 1.82) is 0 Å². The zero-order valence-corrected chi connectivity index (χ0v) is 29.0. The number of nitrogens with one attached hydrogen (secondary N) is 3. The van der Waals surface area contributed by atoms with Crippen molar-refractivity contribution in [2.45, 2.75) is 64.8 Å². The molecule has 0 aliphatic rings. The second-order valence-corrected chi connectivity index (χ2v) is 12.9. The number of hydrogen-bond donors (Lipinski definition) is 3. The van der Waals surface area contributed by atoms with Crippen LogP contribution in [0.4, 0.5) is 4.79 Å². The topological polar surface area (TPSA) is 162 Å². The minimum Gasteiger partial charge on any atom is -0.460 e. The van der Waals surface area contributed by atoms with E-state index < -0.39 is 41.6 Å². The average Bonchev–Trinajstić information content (AvgIpc) is 3.61. The molecular weight excluding hydrogens is 650 g/mol. The highest BCUT2D eigenvalue weighted by atomic mass is 16.6. The summed E-state index contributed by atoms with van der Waals surface area (Å²) in [5, 5.41) is 14.4. The number of carbonyl (C=O) groups excluding carboxylic acids is 4. The summed E-state index contributed by atoms with van der Waals surface area (Å²) in [6.45, 7) is 7.25. The Morgan fingerprint density at radius 1 is 0.784 bits per heavy atom. The van der Waals surface area contributed by atoms with E-state index in [4.69, 9.17) is 14.0 Å². The summed E-state index contributed by atoms with van der Waals surface area (Å²) in [5.41, 5.74) is 2.00. The lowest BCUT2D eigenvalue weighted by molar-refractivity contribution is -0.123. The molecule has 51 heavy (non-hydrogen) atoms. The van der Waals surface area contributed by atoms with Crippen molar-refractivity contribution >= 4 is 34.6 Å². The number of rotatable bonds is 13. The lowest BCUT2D eigenvalue weighted by Crippen LogP contribution is -2.49. The van der Waals surface area contributed by atoms with E-state index in [1.807, 2.05) is 72.8 Å². The molecule has 3 N–H and O–H groups in total. The highest BCUT2D eigenvalue weighted by Crippen LogP contribution is 2.20. The molecule has 4 aromatic carbocycles. The molecule has 1 aromatic heterocycles. The maximum atomic E-state index is 14.2. The van der Waals surface area contributed by atoms with E-state index in [1.54, 1.807) is 52.0 Å². The standard InChI is InChI=1S/C39H41N5O7/c1-5-49-37(47)33-43-36(51-44-33)32(22-25-12-7-6-8-13-25)42-35(46)31(23-26-18-19-28-15-9-10-16-29(28)20-26)41-34(45)30-17-11-14-27(21-30)24-40-38(48)50-39(2,3)4/h6-21,31-32H,5,22-24H2,1-4H3,(H,40,48)(H,41,45)(H,42,46). The number of benzene rings is 4. The predicted molar refractivity (Wildman–Crippen MR) is 190 cm³/mol. The fourth-order valence-electron chi connectivity index (χ4n) is 5.34. The van der Waals surface area contributed by atoms with Gasteiger partial charge in [-0.1, -0.05) is 84.9 Å². The van der Waals surface area contributed by atoms with Gasteiger partial charge in [0.25, 0.3) is 11.7 Å². The van der Waals surface area contributed by atoms with Gasteiger partial charge in [-0.2, -0.15) is 4.98 Å². The second kappa shape index (κ2) is 16.6. The summed E-state index contributed by atoms with van der Waals surface area (Å²) >= 11 is 0. The van der Waals surface area contributed by atoms with Crippen molar-refractivity contribution in [1.82, 2.24) is 26.1 Å². The SMILES string of the molecule is CCOC(=O)c1noc(C(Cc2ccccc2)NC(=O)C(Cc2ccc3ccccc3c2)NC(=O)c2cccc(CNC(=O)OC(C)(C)C)c2)n1. The first-order valence-electron chi connectivity index (χ1n) is 16.7. The minimum atomic E-state index is -1.03. The third-order valence-corrected chi connectivity index (χ3v) is 7.70. The van der Waals surface area contributed by atoms with E-state index in [-0.39, 0.29) is 37.7 Å². The summed E-state index contributed by atoms with van der Waals surface area (Å²) in [6, 6.07) is 28.0. The first kappa shape index (κ1) is 36.2. The number of nitrogens with zero attached hydrogens (tertiary/aromatic N) is 2. The van der Waals surface area contributed by atoms with E-state index in [1.165, 1.54) is 0 Å². The summed E-state index contributed by atoms with van der Waals surface area (Å²) in [7, 11) is 0. The molecule has 2 unspecified atom stereocenters. The van der Waals surface area contributed by atoms with Crippen LogP contribution in [-0.2, 0) is 33.7 Å². The van der Waals surface area contributed by atoms with Crippen LogP contribution in [0.5, 0.6) is 0 Å². The summed E-state index contributed by atoms with van der Waals surface area (Å²) in [4.78, 5) is 56.7. The molecule has 0 radical (unpaired) electrons. The quantitative estimate of drug-likeness (QED) is 0.128. The first-order chi connectivity index (χ1) is 24.5. The zero-order chi connectivity index (χ0) is 36.4. The highest BCUT2D eigenvalue weighted by Gasteiger charge is 2.29. The number of amides is 3. The Morgan fingerprint density at radius 3 is 2.25 bits per heavy atom. The second-order valence-electron chi connectivity index (χ2n) is 12.9. The third-order valence-electron chi connectivity index (χ3n) is 7.70. The first-order valence-corrected chi connectivity index (χ1v) is 16.7. The molecule has 0 aliphatic heterocycles. The van der Waals surface area contributed by atoms with Crippen LogP contribution in [-0.4, -0.2) is 52.3 Å². The molecule has 0 bridgehead atoms. The number of esters is 1. The molecule has 5 aromatic rings.